The van der Waals surface area contributed by atoms with E-state index in [4.69, 9.17) is 19.6 Å². The molecule has 6 rings (SSSR count). The third kappa shape index (κ3) is 7.10. The van der Waals surface area contributed by atoms with E-state index in [1.54, 1.807) is 0 Å². The number of aromatic nitrogens is 3. The van der Waals surface area contributed by atoms with Crippen LogP contribution >= 0.6 is 0 Å². The highest BCUT2D eigenvalue weighted by Gasteiger charge is 2.45. The van der Waals surface area contributed by atoms with Gasteiger partial charge in [0.05, 0.1) is 6.20 Å². The zero-order valence-corrected chi connectivity index (χ0v) is 26.4. The molecule has 0 aromatic carbocycles. The Morgan fingerprint density at radius 2 is 1.98 bits per heavy atom. The van der Waals surface area contributed by atoms with Crippen molar-refractivity contribution in [3.05, 3.63) is 30.0 Å². The summed E-state index contributed by atoms with van der Waals surface area (Å²) in [7, 11) is 4.14. The summed E-state index contributed by atoms with van der Waals surface area (Å²) in [5.41, 5.74) is 1.96. The van der Waals surface area contributed by atoms with Gasteiger partial charge in [0, 0.05) is 62.5 Å². The number of nitrogens with zero attached hydrogens (tertiary/aromatic N) is 6. The van der Waals surface area contributed by atoms with Crippen LogP contribution in [0.5, 0.6) is 5.88 Å². The first kappa shape index (κ1) is 30.1. The number of rotatable bonds is 10. The number of hydrogen-bond donors (Lipinski definition) is 2. The van der Waals surface area contributed by atoms with Crippen molar-refractivity contribution in [1.82, 2.24) is 34.6 Å². The van der Waals surface area contributed by atoms with Crippen LogP contribution in [0, 0.1) is 0 Å². The highest BCUT2D eigenvalue weighted by molar-refractivity contribution is 5.69. The molecule has 2 aromatic rings. The van der Waals surface area contributed by atoms with Crippen molar-refractivity contribution in [1.29, 1.82) is 0 Å². The maximum Gasteiger partial charge on any atom is 0.410 e. The predicted molar refractivity (Wildman–Crippen MR) is 168 cm³/mol. The number of nitrogens with one attached hydrogen (secondary N) is 2. The van der Waals surface area contributed by atoms with Crippen molar-refractivity contribution in [3.63, 3.8) is 0 Å². The minimum Gasteiger partial charge on any atom is -0.473 e. The fraction of sp³-hybridized carbons (Fsp3) is 0.719. The van der Waals surface area contributed by atoms with E-state index in [2.05, 4.69) is 65.4 Å². The first-order valence-corrected chi connectivity index (χ1v) is 16.4. The maximum atomic E-state index is 13.4. The Morgan fingerprint density at radius 3 is 2.70 bits per heavy atom. The number of likely N-dealkylation sites (N-methyl/N-ethyl adjacent to an activating group) is 1. The number of anilines is 1. The van der Waals surface area contributed by atoms with Crippen LogP contribution in [0.25, 0.3) is 5.65 Å². The molecular weight excluding hydrogens is 544 g/mol. The summed E-state index contributed by atoms with van der Waals surface area (Å²) in [6.07, 6.45) is 13.2. The summed E-state index contributed by atoms with van der Waals surface area (Å²) < 4.78 is 14.4. The summed E-state index contributed by atoms with van der Waals surface area (Å²) in [6, 6.07) is 2.63. The van der Waals surface area contributed by atoms with Crippen LogP contribution in [0.15, 0.2) is 24.4 Å². The van der Waals surface area contributed by atoms with E-state index in [1.165, 1.54) is 0 Å². The Kier molecular flexibility index (Phi) is 9.39. The average Bonchev–Trinajstić information content (AvgIpc) is 3.68. The molecule has 2 aromatic heterocycles. The van der Waals surface area contributed by atoms with E-state index < -0.39 is 0 Å². The lowest BCUT2D eigenvalue weighted by atomic mass is 9.98. The average molecular weight is 595 g/mol. The van der Waals surface area contributed by atoms with Gasteiger partial charge in [0.2, 0.25) is 5.88 Å². The lowest BCUT2D eigenvalue weighted by Crippen LogP contribution is -2.50. The number of carbonyl (C=O) groups excluding carboxylic acids is 1. The second-order valence-corrected chi connectivity index (χ2v) is 13.4. The van der Waals surface area contributed by atoms with Gasteiger partial charge in [-0.15, -0.1) is 0 Å². The number of carbonyl (C=O) groups is 1. The number of hydrogen-bond acceptors (Lipinski definition) is 9. The first-order valence-electron chi connectivity index (χ1n) is 16.4. The van der Waals surface area contributed by atoms with Crippen molar-refractivity contribution in [2.24, 2.45) is 0 Å². The van der Waals surface area contributed by atoms with Crippen LogP contribution in [-0.2, 0) is 4.74 Å². The van der Waals surface area contributed by atoms with E-state index >= 15 is 0 Å². The Bertz CT molecular complexity index is 1260. The van der Waals surface area contributed by atoms with Crippen molar-refractivity contribution in [2.45, 2.75) is 95.0 Å². The molecule has 11 nitrogen and oxygen atoms in total. The molecule has 0 spiro atoms. The number of fused-ring (bicyclic) bond motifs is 3. The molecule has 0 radical (unpaired) electrons. The molecule has 1 amide bonds. The van der Waals surface area contributed by atoms with Crippen LogP contribution in [0.4, 0.5) is 10.6 Å². The van der Waals surface area contributed by atoms with Gasteiger partial charge in [0.1, 0.15) is 18.0 Å². The van der Waals surface area contributed by atoms with Gasteiger partial charge in [0.25, 0.3) is 0 Å². The van der Waals surface area contributed by atoms with Crippen LogP contribution in [0.3, 0.4) is 0 Å². The third-order valence-corrected chi connectivity index (χ3v) is 9.43. The zero-order valence-electron chi connectivity index (χ0n) is 26.4. The van der Waals surface area contributed by atoms with E-state index in [0.717, 1.165) is 101 Å². The Balaban J connectivity index is 1.08. The molecule has 3 unspecified atom stereocenters. The monoisotopic (exact) mass is 594 g/mol. The summed E-state index contributed by atoms with van der Waals surface area (Å²) in [4.78, 5) is 24.9. The summed E-state index contributed by atoms with van der Waals surface area (Å²) in [6.45, 7) is 9.86. The smallest absolute Gasteiger partial charge is 0.410 e. The topological polar surface area (TPSA) is 99.5 Å². The van der Waals surface area contributed by atoms with E-state index in [9.17, 15) is 4.79 Å². The molecule has 4 fully saturated rings. The second-order valence-electron chi connectivity index (χ2n) is 13.4. The molecule has 6 heterocycles. The molecule has 4 aliphatic rings. The molecular formula is C32H50N8O3. The largest absolute Gasteiger partial charge is 0.473 e. The summed E-state index contributed by atoms with van der Waals surface area (Å²) in [5.74, 6) is 1.86. The molecule has 236 valence electrons. The maximum absolute atomic E-state index is 13.4. The highest BCUT2D eigenvalue weighted by Crippen LogP contribution is 2.38. The van der Waals surface area contributed by atoms with Crippen LogP contribution in [0.1, 0.15) is 70.3 Å². The number of piperidine rings is 2. The number of likely N-dealkylation sites (tertiary alicyclic amines) is 1. The lowest BCUT2D eigenvalue weighted by Gasteiger charge is -2.39. The van der Waals surface area contributed by atoms with Crippen molar-refractivity contribution >= 4 is 17.6 Å². The molecule has 4 saturated heterocycles. The van der Waals surface area contributed by atoms with E-state index in [1.807, 2.05) is 16.8 Å². The first-order chi connectivity index (χ1) is 20.8. The molecule has 0 aliphatic carbocycles. The normalized spacial score (nSPS) is 28.0. The molecule has 4 atom stereocenters. The number of ether oxygens (including phenoxy) is 2. The van der Waals surface area contributed by atoms with Gasteiger partial charge in [-0.25, -0.2) is 4.79 Å². The summed E-state index contributed by atoms with van der Waals surface area (Å²) >= 11 is 0. The summed E-state index contributed by atoms with van der Waals surface area (Å²) in [5, 5.41) is 11.9. The Labute approximate surface area is 256 Å². The van der Waals surface area contributed by atoms with Gasteiger partial charge >= 0.3 is 6.09 Å². The Morgan fingerprint density at radius 1 is 1.16 bits per heavy atom. The van der Waals surface area contributed by atoms with Crippen LogP contribution in [0.2, 0.25) is 0 Å². The number of amides is 1. The van der Waals surface area contributed by atoms with Crippen LogP contribution < -0.4 is 15.4 Å². The molecule has 11 heteroatoms. The van der Waals surface area contributed by atoms with Crippen molar-refractivity contribution in [2.75, 3.05) is 58.7 Å². The van der Waals surface area contributed by atoms with Crippen molar-refractivity contribution < 1.29 is 14.3 Å². The molecule has 43 heavy (non-hydrogen) atoms. The molecule has 0 saturated carbocycles. The minimum atomic E-state index is -0.127. The van der Waals surface area contributed by atoms with E-state index in [-0.39, 0.29) is 36.4 Å². The Hall–Kier alpha value is -2.89. The second kappa shape index (κ2) is 13.4. The fourth-order valence-corrected chi connectivity index (χ4v) is 7.19. The minimum absolute atomic E-state index is 0.0251. The van der Waals surface area contributed by atoms with Gasteiger partial charge in [-0.05, 0) is 71.5 Å². The zero-order chi connectivity index (χ0) is 29.9. The van der Waals surface area contributed by atoms with Gasteiger partial charge < -0.3 is 29.9 Å². The van der Waals surface area contributed by atoms with Gasteiger partial charge in [-0.3, -0.25) is 4.90 Å². The van der Waals surface area contributed by atoms with Crippen molar-refractivity contribution in [3.8, 4) is 5.88 Å². The molecule has 2 bridgehead atoms. The highest BCUT2D eigenvalue weighted by atomic mass is 16.6. The van der Waals surface area contributed by atoms with E-state index in [0.29, 0.717) is 11.8 Å². The third-order valence-electron chi connectivity index (χ3n) is 9.43. The lowest BCUT2D eigenvalue weighted by molar-refractivity contribution is 0.0404. The van der Waals surface area contributed by atoms with Gasteiger partial charge in [0.15, 0.2) is 5.65 Å². The standard InChI is InChI=1S/C32H50N8O3/c1-22(2)28-20-34-40-29(18-30(36-31(28)40)42-26-8-7-12-33-19-26)35-23-16-24-9-10-25(17-23)39(24)32(41)43-27-11-15-38(21-27)14-6-5-13-37(3)4/h5-6,18,20,22-27,33,35H,7-17,19,21H2,1-4H3/b6-5+/t23?,24?,25?,26-,27?/m1/s1. The predicted octanol–water partition coefficient (Wildman–Crippen LogP) is 3.72. The van der Waals surface area contributed by atoms with Crippen LogP contribution in [-0.4, -0.2) is 119 Å². The van der Waals surface area contributed by atoms with Gasteiger partial charge in [-0.1, -0.05) is 26.0 Å². The quantitative estimate of drug-likeness (QED) is 0.399. The fourth-order valence-electron chi connectivity index (χ4n) is 7.19. The SMILES string of the molecule is CC(C)c1cnn2c(NC3CC4CCC(C3)N4C(=O)OC3CCN(C/C=C/CN(C)C)C3)cc(O[C@@H]3CCCNC3)nc12. The molecule has 2 N–H and O–H groups in total. The van der Waals surface area contributed by atoms with Gasteiger partial charge in [-0.2, -0.15) is 14.6 Å². The molecule has 4 aliphatic heterocycles.